The van der Waals surface area contributed by atoms with E-state index in [1.54, 1.807) is 12.1 Å². The van der Waals surface area contributed by atoms with E-state index in [-0.39, 0.29) is 11.8 Å². The van der Waals surface area contributed by atoms with Crippen molar-refractivity contribution in [3.8, 4) is 6.07 Å². The van der Waals surface area contributed by atoms with Crippen LogP contribution in [0.25, 0.3) is 0 Å². The summed E-state index contributed by atoms with van der Waals surface area (Å²) in [6.45, 7) is 0.861. The van der Waals surface area contributed by atoms with Crippen molar-refractivity contribution in [3.63, 3.8) is 0 Å². The van der Waals surface area contributed by atoms with Gasteiger partial charge in [-0.15, -0.1) is 0 Å². The van der Waals surface area contributed by atoms with Gasteiger partial charge in [-0.1, -0.05) is 12.2 Å². The molecule has 2 N–H and O–H groups in total. The van der Waals surface area contributed by atoms with Crippen molar-refractivity contribution in [2.75, 3.05) is 17.7 Å². The maximum absolute atomic E-state index is 13.4. The number of anilines is 3. The maximum Gasteiger partial charge on any atom is 0.431 e. The molecule has 14 heteroatoms. The van der Waals surface area contributed by atoms with Crippen LogP contribution in [-0.2, 0) is 5.41 Å². The number of pyridine rings is 1. The molecule has 4 rings (SSSR count). The number of hydrogen-bond donors (Lipinski definition) is 2. The second-order valence-electron chi connectivity index (χ2n) is 8.49. The van der Waals surface area contributed by atoms with Crippen LogP contribution in [0.2, 0.25) is 0 Å². The monoisotopic (exact) mass is 510 g/mol. The van der Waals surface area contributed by atoms with Crippen molar-refractivity contribution in [3.05, 3.63) is 53.8 Å². The van der Waals surface area contributed by atoms with E-state index in [0.717, 1.165) is 17.9 Å². The van der Waals surface area contributed by atoms with Crippen molar-refractivity contribution in [2.45, 2.75) is 49.6 Å². The Morgan fingerprint density at radius 2 is 1.83 bits per heavy atom. The highest BCUT2D eigenvalue weighted by Gasteiger charge is 2.46. The van der Waals surface area contributed by atoms with Gasteiger partial charge in [0.2, 0.25) is 11.9 Å². The SMILES string of the molecule is C[C@H](Nc1nc(Nc2ccnc(C3(C#N)CC3)c2)nc(C2C=CC=C(C(F)(F)F)N2C)n1)C(F)(F)F. The van der Waals surface area contributed by atoms with Crippen LogP contribution in [0.3, 0.4) is 0 Å². The predicted octanol–water partition coefficient (Wildman–Crippen LogP) is 4.92. The lowest BCUT2D eigenvalue weighted by Gasteiger charge is -2.32. The van der Waals surface area contributed by atoms with Crippen molar-refractivity contribution in [1.82, 2.24) is 24.8 Å². The van der Waals surface area contributed by atoms with Crippen LogP contribution in [0.5, 0.6) is 0 Å². The first-order valence-electron chi connectivity index (χ1n) is 10.7. The highest BCUT2D eigenvalue weighted by molar-refractivity contribution is 5.56. The van der Waals surface area contributed by atoms with Crippen molar-refractivity contribution in [2.24, 2.45) is 0 Å². The standard InChI is InChI=1S/C22H20F6N8/c1-12(21(23,24)25)31-18-33-17(14-4-3-5-16(36(14)2)22(26,27)28)34-19(35-18)32-13-6-9-30-15(10-13)20(11-29)7-8-20/h3-6,9-10,12,14H,7-8H2,1-2H3,(H2,30,31,32,33,34,35)/t12-,14?/m0/s1. The zero-order valence-electron chi connectivity index (χ0n) is 19.0. The summed E-state index contributed by atoms with van der Waals surface area (Å²) in [5, 5.41) is 14.4. The van der Waals surface area contributed by atoms with E-state index >= 15 is 0 Å². The number of hydrogen-bond acceptors (Lipinski definition) is 8. The average Bonchev–Trinajstić information content (AvgIpc) is 3.59. The van der Waals surface area contributed by atoms with Gasteiger partial charge in [0, 0.05) is 18.9 Å². The minimum Gasteiger partial charge on any atom is -0.357 e. The zero-order valence-corrected chi connectivity index (χ0v) is 19.0. The highest BCUT2D eigenvalue weighted by Crippen LogP contribution is 2.47. The fourth-order valence-electron chi connectivity index (χ4n) is 3.57. The molecule has 0 aromatic carbocycles. The molecule has 190 valence electrons. The minimum absolute atomic E-state index is 0.194. The number of aromatic nitrogens is 4. The molecule has 1 fully saturated rings. The van der Waals surface area contributed by atoms with Crippen LogP contribution >= 0.6 is 0 Å². The van der Waals surface area contributed by atoms with Gasteiger partial charge >= 0.3 is 12.4 Å². The molecule has 2 aromatic heterocycles. The van der Waals surface area contributed by atoms with E-state index in [1.807, 2.05) is 0 Å². The number of nitrogens with one attached hydrogen (secondary N) is 2. The second kappa shape index (κ2) is 8.96. The molecule has 1 aliphatic carbocycles. The third kappa shape index (κ3) is 5.19. The fourth-order valence-corrected chi connectivity index (χ4v) is 3.57. The van der Waals surface area contributed by atoms with Crippen LogP contribution in [0.15, 0.2) is 42.3 Å². The Balaban J connectivity index is 1.70. The van der Waals surface area contributed by atoms with Gasteiger partial charge in [-0.25, -0.2) is 0 Å². The van der Waals surface area contributed by atoms with Gasteiger partial charge < -0.3 is 15.5 Å². The lowest BCUT2D eigenvalue weighted by atomic mass is 10.0. The second-order valence-corrected chi connectivity index (χ2v) is 8.49. The molecular formula is C22H20F6N8. The van der Waals surface area contributed by atoms with Gasteiger partial charge in [-0.05, 0) is 38.0 Å². The summed E-state index contributed by atoms with van der Waals surface area (Å²) in [6, 6.07) is 2.20. The maximum atomic E-state index is 13.4. The molecule has 2 aromatic rings. The lowest BCUT2D eigenvalue weighted by molar-refractivity contribution is -0.138. The smallest absolute Gasteiger partial charge is 0.357 e. The summed E-state index contributed by atoms with van der Waals surface area (Å²) in [7, 11) is 1.18. The summed E-state index contributed by atoms with van der Waals surface area (Å²) in [4.78, 5) is 17.3. The van der Waals surface area contributed by atoms with Gasteiger partial charge in [-0.3, -0.25) is 4.98 Å². The van der Waals surface area contributed by atoms with Crippen LogP contribution in [-0.4, -0.2) is 50.3 Å². The molecule has 1 saturated carbocycles. The quantitative estimate of drug-likeness (QED) is 0.529. The number of likely N-dealkylation sites (N-methyl/N-ethyl adjacent to an activating group) is 1. The van der Waals surface area contributed by atoms with Crippen LogP contribution in [0.4, 0.5) is 43.9 Å². The lowest BCUT2D eigenvalue weighted by Crippen LogP contribution is -2.35. The molecule has 0 radical (unpaired) electrons. The number of allylic oxidation sites excluding steroid dienone is 3. The number of halogens is 6. The van der Waals surface area contributed by atoms with Crippen LogP contribution < -0.4 is 10.6 Å². The predicted molar refractivity (Wildman–Crippen MR) is 117 cm³/mol. The fraction of sp³-hybridized carbons (Fsp3) is 0.409. The molecule has 36 heavy (non-hydrogen) atoms. The third-order valence-electron chi connectivity index (χ3n) is 5.86. The molecule has 1 unspecified atom stereocenters. The Hall–Kier alpha value is -3.89. The normalized spacial score (nSPS) is 19.8. The molecule has 1 aliphatic heterocycles. The first-order chi connectivity index (χ1) is 16.8. The first-order valence-corrected chi connectivity index (χ1v) is 10.7. The van der Waals surface area contributed by atoms with Crippen LogP contribution in [0, 0.1) is 11.3 Å². The third-order valence-corrected chi connectivity index (χ3v) is 5.86. The molecule has 2 atom stereocenters. The summed E-state index contributed by atoms with van der Waals surface area (Å²) < 4.78 is 79.7. The van der Waals surface area contributed by atoms with E-state index in [4.69, 9.17) is 0 Å². The van der Waals surface area contributed by atoms with Crippen molar-refractivity contribution >= 4 is 17.6 Å². The van der Waals surface area contributed by atoms with Crippen molar-refractivity contribution in [1.29, 1.82) is 5.26 Å². The van der Waals surface area contributed by atoms with E-state index in [1.165, 1.54) is 25.4 Å². The average molecular weight is 510 g/mol. The Morgan fingerprint density at radius 1 is 1.14 bits per heavy atom. The first kappa shape index (κ1) is 25.2. The van der Waals surface area contributed by atoms with Crippen LogP contribution in [0.1, 0.15) is 37.3 Å². The highest BCUT2D eigenvalue weighted by atomic mass is 19.4. The molecule has 0 saturated heterocycles. The van der Waals surface area contributed by atoms with Gasteiger partial charge in [0.05, 0.1) is 17.2 Å². The largest absolute Gasteiger partial charge is 0.431 e. The molecule has 8 nitrogen and oxygen atoms in total. The van der Waals surface area contributed by atoms with E-state index in [9.17, 15) is 31.6 Å². The summed E-state index contributed by atoms with van der Waals surface area (Å²) in [5.74, 6) is -0.870. The molecule has 0 bridgehead atoms. The Morgan fingerprint density at radius 3 is 2.44 bits per heavy atom. The topological polar surface area (TPSA) is 103 Å². The number of nitriles is 1. The molecule has 3 heterocycles. The summed E-state index contributed by atoms with van der Waals surface area (Å²) in [6.07, 6.45) is -3.08. The minimum atomic E-state index is -4.66. The Bertz CT molecular complexity index is 1240. The number of rotatable bonds is 6. The zero-order chi connectivity index (χ0) is 26.3. The molecule has 2 aliphatic rings. The summed E-state index contributed by atoms with van der Waals surface area (Å²) in [5.41, 5.74) is -0.736. The van der Waals surface area contributed by atoms with Gasteiger partial charge in [0.25, 0.3) is 0 Å². The van der Waals surface area contributed by atoms with E-state index in [2.05, 4.69) is 36.6 Å². The number of alkyl halides is 6. The molecular weight excluding hydrogens is 490 g/mol. The van der Waals surface area contributed by atoms with Gasteiger partial charge in [-0.2, -0.15) is 46.6 Å². The van der Waals surface area contributed by atoms with Gasteiger partial charge in [0.15, 0.2) is 5.82 Å². The summed E-state index contributed by atoms with van der Waals surface area (Å²) >= 11 is 0. The Labute approximate surface area is 201 Å². The van der Waals surface area contributed by atoms with Gasteiger partial charge in [0.1, 0.15) is 17.8 Å². The van der Waals surface area contributed by atoms with E-state index in [0.29, 0.717) is 24.2 Å². The van der Waals surface area contributed by atoms with E-state index < -0.39 is 41.5 Å². The van der Waals surface area contributed by atoms with Crippen molar-refractivity contribution < 1.29 is 26.3 Å². The molecule has 0 amide bonds. The Kier molecular flexibility index (Phi) is 6.27. The number of nitrogens with zero attached hydrogens (tertiary/aromatic N) is 6. The molecule has 0 spiro atoms.